The van der Waals surface area contributed by atoms with E-state index >= 15 is 0 Å². The average Bonchev–Trinajstić information content (AvgIpc) is 2.58. The molecule has 0 radical (unpaired) electrons. The summed E-state index contributed by atoms with van der Waals surface area (Å²) in [5.41, 5.74) is -1.15. The number of sulfonamides is 1. The molecule has 0 aromatic heterocycles. The van der Waals surface area contributed by atoms with Gasteiger partial charge < -0.3 is 19.9 Å². The number of anilines is 2. The molecule has 0 heterocycles. The van der Waals surface area contributed by atoms with Gasteiger partial charge in [-0.15, -0.1) is 13.2 Å². The lowest BCUT2D eigenvalue weighted by Gasteiger charge is -2.17. The molecule has 0 atom stereocenters. The molecule has 0 aliphatic rings. The third-order valence-corrected chi connectivity index (χ3v) is 5.15. The molecule has 0 saturated carbocycles. The second-order valence-electron chi connectivity index (χ2n) is 7.31. The van der Waals surface area contributed by atoms with Crippen molar-refractivity contribution in [2.24, 2.45) is 0 Å². The van der Waals surface area contributed by atoms with Crippen LogP contribution in [0.15, 0.2) is 47.4 Å². The van der Waals surface area contributed by atoms with E-state index in [2.05, 4.69) is 14.8 Å². The number of carbonyl (C=O) groups is 1. The van der Waals surface area contributed by atoms with Gasteiger partial charge in [-0.1, -0.05) is 6.07 Å². The highest BCUT2D eigenvalue weighted by Crippen LogP contribution is 2.31. The number of nitrogens with one attached hydrogen (secondary N) is 2. The van der Waals surface area contributed by atoms with E-state index in [4.69, 9.17) is 4.74 Å². The van der Waals surface area contributed by atoms with Crippen LogP contribution in [-0.4, -0.2) is 38.0 Å². The molecule has 2 aromatic carbocycles. The van der Waals surface area contributed by atoms with Crippen LogP contribution >= 0.6 is 0 Å². The zero-order valence-corrected chi connectivity index (χ0v) is 18.3. The Balaban J connectivity index is 2.29. The maximum absolute atomic E-state index is 12.8. The summed E-state index contributed by atoms with van der Waals surface area (Å²) in [7, 11) is -4.27. The number of hydrogen-bond donors (Lipinski definition) is 3. The molecule has 2 aromatic rings. The van der Waals surface area contributed by atoms with Crippen LogP contribution in [0, 0.1) is 0 Å². The van der Waals surface area contributed by atoms with Gasteiger partial charge in [0, 0.05) is 17.8 Å². The van der Waals surface area contributed by atoms with E-state index < -0.39 is 33.6 Å². The lowest BCUT2D eigenvalue weighted by atomic mass is 10.1. The van der Waals surface area contributed by atoms with Crippen molar-refractivity contribution in [3.05, 3.63) is 42.5 Å². The Kier molecular flexibility index (Phi) is 7.62. The van der Waals surface area contributed by atoms with E-state index in [1.807, 2.05) is 0 Å². The van der Waals surface area contributed by atoms with Gasteiger partial charge >= 0.3 is 6.36 Å². The Morgan fingerprint density at radius 2 is 1.78 bits per heavy atom. The number of alkyl halides is 3. The standard InChI is InChI=1S/C20H23F3N2O6S/c1-4-30-16-11-13(24-18(26)12-19(2,3)27)8-9-17(16)32(28,29)25-14-6-5-7-15(10-14)31-20(21,22)23/h5-11,25,27H,4,12H2,1-3H3,(H,24,26). The van der Waals surface area contributed by atoms with Gasteiger partial charge in [-0.3, -0.25) is 9.52 Å². The summed E-state index contributed by atoms with van der Waals surface area (Å²) in [6, 6.07) is 8.17. The van der Waals surface area contributed by atoms with E-state index in [0.717, 1.165) is 12.1 Å². The average molecular weight is 476 g/mol. The van der Waals surface area contributed by atoms with Crippen LogP contribution in [0.5, 0.6) is 11.5 Å². The summed E-state index contributed by atoms with van der Waals surface area (Å²) in [6.45, 7) is 4.67. The molecule has 32 heavy (non-hydrogen) atoms. The molecule has 12 heteroatoms. The van der Waals surface area contributed by atoms with Crippen LogP contribution in [0.3, 0.4) is 0 Å². The summed E-state index contributed by atoms with van der Waals surface area (Å²) < 4.78 is 74.3. The highest BCUT2D eigenvalue weighted by molar-refractivity contribution is 7.92. The predicted octanol–water partition coefficient (Wildman–Crippen LogP) is 3.88. The van der Waals surface area contributed by atoms with E-state index in [1.165, 1.54) is 44.2 Å². The lowest BCUT2D eigenvalue weighted by molar-refractivity contribution is -0.274. The summed E-state index contributed by atoms with van der Waals surface area (Å²) in [5, 5.41) is 12.3. The first-order chi connectivity index (χ1) is 14.7. The normalized spacial score (nSPS) is 12.2. The van der Waals surface area contributed by atoms with E-state index in [0.29, 0.717) is 0 Å². The summed E-state index contributed by atoms with van der Waals surface area (Å²) in [4.78, 5) is 11.7. The highest BCUT2D eigenvalue weighted by atomic mass is 32.2. The molecular weight excluding hydrogens is 453 g/mol. The van der Waals surface area contributed by atoms with Crippen molar-refractivity contribution in [2.75, 3.05) is 16.6 Å². The third kappa shape index (κ3) is 7.93. The zero-order chi connectivity index (χ0) is 24.2. The number of halogens is 3. The van der Waals surface area contributed by atoms with Gasteiger partial charge in [-0.2, -0.15) is 0 Å². The zero-order valence-electron chi connectivity index (χ0n) is 17.5. The van der Waals surface area contributed by atoms with Crippen LogP contribution in [0.25, 0.3) is 0 Å². The Morgan fingerprint density at radius 3 is 2.38 bits per heavy atom. The Labute approximate surface area is 183 Å². The molecule has 0 aliphatic carbocycles. The number of benzene rings is 2. The van der Waals surface area contributed by atoms with Crippen LogP contribution in [0.2, 0.25) is 0 Å². The second-order valence-corrected chi connectivity index (χ2v) is 8.96. The number of aliphatic hydroxyl groups is 1. The molecule has 3 N–H and O–H groups in total. The smallest absolute Gasteiger partial charge is 0.492 e. The van der Waals surface area contributed by atoms with Crippen molar-refractivity contribution in [1.82, 2.24) is 0 Å². The summed E-state index contributed by atoms with van der Waals surface area (Å²) >= 11 is 0. The SMILES string of the molecule is CCOc1cc(NC(=O)CC(C)(C)O)ccc1S(=O)(=O)Nc1cccc(OC(F)(F)F)c1. The minimum absolute atomic E-state index is 0.0799. The third-order valence-electron chi connectivity index (χ3n) is 3.73. The first-order valence-electron chi connectivity index (χ1n) is 9.36. The Bertz CT molecular complexity index is 1070. The molecule has 2 rings (SSSR count). The molecule has 176 valence electrons. The lowest BCUT2D eigenvalue weighted by Crippen LogP contribution is -2.27. The van der Waals surface area contributed by atoms with Crippen molar-refractivity contribution in [3.63, 3.8) is 0 Å². The van der Waals surface area contributed by atoms with Crippen LogP contribution in [0.4, 0.5) is 24.5 Å². The number of carbonyl (C=O) groups excluding carboxylic acids is 1. The highest BCUT2D eigenvalue weighted by Gasteiger charge is 2.31. The topological polar surface area (TPSA) is 114 Å². The van der Waals surface area contributed by atoms with Gasteiger partial charge in [0.15, 0.2) is 0 Å². The van der Waals surface area contributed by atoms with Gasteiger partial charge in [-0.25, -0.2) is 8.42 Å². The van der Waals surface area contributed by atoms with Gasteiger partial charge in [0.25, 0.3) is 10.0 Å². The summed E-state index contributed by atoms with van der Waals surface area (Å²) in [6.07, 6.45) is -5.11. The van der Waals surface area contributed by atoms with Gasteiger partial charge in [-0.05, 0) is 45.0 Å². The van der Waals surface area contributed by atoms with Gasteiger partial charge in [0.05, 0.1) is 24.3 Å². The largest absolute Gasteiger partial charge is 0.573 e. The minimum atomic E-state index is -4.93. The molecule has 0 unspecified atom stereocenters. The first-order valence-corrected chi connectivity index (χ1v) is 10.8. The fourth-order valence-corrected chi connectivity index (χ4v) is 3.82. The summed E-state index contributed by atoms with van der Waals surface area (Å²) in [5.74, 6) is -1.16. The monoisotopic (exact) mass is 476 g/mol. The molecule has 1 amide bonds. The van der Waals surface area contributed by atoms with Crippen LogP contribution < -0.4 is 19.5 Å². The van der Waals surface area contributed by atoms with Crippen molar-refractivity contribution in [1.29, 1.82) is 0 Å². The molecule has 0 saturated heterocycles. The van der Waals surface area contributed by atoms with E-state index in [9.17, 15) is 31.5 Å². The van der Waals surface area contributed by atoms with Crippen molar-refractivity contribution in [2.45, 2.75) is 44.1 Å². The second kappa shape index (κ2) is 9.65. The van der Waals surface area contributed by atoms with Crippen molar-refractivity contribution in [3.8, 4) is 11.5 Å². The Hall–Kier alpha value is -2.99. The first kappa shape index (κ1) is 25.3. The predicted molar refractivity (Wildman–Crippen MR) is 111 cm³/mol. The number of amides is 1. The quantitative estimate of drug-likeness (QED) is 0.506. The molecule has 0 bridgehead atoms. The fraction of sp³-hybridized carbons (Fsp3) is 0.350. The van der Waals surface area contributed by atoms with Crippen molar-refractivity contribution >= 4 is 27.3 Å². The van der Waals surface area contributed by atoms with Crippen LogP contribution in [-0.2, 0) is 14.8 Å². The molecule has 0 aliphatic heterocycles. The maximum Gasteiger partial charge on any atom is 0.573 e. The van der Waals surface area contributed by atoms with Gasteiger partial charge in [0.1, 0.15) is 16.4 Å². The van der Waals surface area contributed by atoms with E-state index in [1.54, 1.807) is 6.92 Å². The minimum Gasteiger partial charge on any atom is -0.492 e. The molecule has 0 fully saturated rings. The maximum atomic E-state index is 12.8. The molecule has 0 spiro atoms. The number of rotatable bonds is 9. The number of ether oxygens (including phenoxy) is 2. The van der Waals surface area contributed by atoms with Crippen LogP contribution in [0.1, 0.15) is 27.2 Å². The van der Waals surface area contributed by atoms with Crippen molar-refractivity contribution < 1.29 is 41.0 Å². The van der Waals surface area contributed by atoms with Gasteiger partial charge in [0.2, 0.25) is 5.91 Å². The molecular formula is C20H23F3N2O6S. The Morgan fingerprint density at radius 1 is 1.09 bits per heavy atom. The number of hydrogen-bond acceptors (Lipinski definition) is 6. The van der Waals surface area contributed by atoms with E-state index in [-0.39, 0.29) is 35.0 Å². The fourth-order valence-electron chi connectivity index (χ4n) is 2.64. The molecule has 8 nitrogen and oxygen atoms in total.